The Morgan fingerprint density at radius 2 is 2.00 bits per heavy atom. The molecule has 1 rings (SSSR count). The van der Waals surface area contributed by atoms with Crippen molar-refractivity contribution in [1.29, 1.82) is 0 Å². The van der Waals surface area contributed by atoms with Crippen molar-refractivity contribution in [3.05, 3.63) is 12.2 Å². The van der Waals surface area contributed by atoms with Crippen LogP contribution in [0.5, 0.6) is 0 Å². The first kappa shape index (κ1) is 17.6. The van der Waals surface area contributed by atoms with E-state index in [0.717, 1.165) is 6.54 Å². The van der Waals surface area contributed by atoms with Crippen molar-refractivity contribution in [1.82, 2.24) is 4.90 Å². The van der Waals surface area contributed by atoms with Gasteiger partial charge in [-0.2, -0.15) is 11.8 Å². The summed E-state index contributed by atoms with van der Waals surface area (Å²) in [6, 6.07) is 0. The fourth-order valence-electron chi connectivity index (χ4n) is 2.90. The number of hydrogen-bond acceptors (Lipinski definition) is 3. The maximum Gasteiger partial charge on any atom is 0.223 e. The average molecular weight is 299 g/mol. The van der Waals surface area contributed by atoms with Crippen molar-refractivity contribution in [2.45, 2.75) is 44.3 Å². The number of aliphatic hydroxyl groups excluding tert-OH is 1. The minimum atomic E-state index is 0.0316. The molecule has 4 heteroatoms. The highest BCUT2D eigenvalue weighted by Gasteiger charge is 2.24. The Morgan fingerprint density at radius 1 is 1.40 bits per heavy atom. The van der Waals surface area contributed by atoms with E-state index >= 15 is 0 Å². The molecule has 116 valence electrons. The smallest absolute Gasteiger partial charge is 0.223 e. The van der Waals surface area contributed by atoms with Crippen LogP contribution in [0, 0.1) is 11.8 Å². The van der Waals surface area contributed by atoms with Gasteiger partial charge in [0.05, 0.1) is 6.61 Å². The zero-order valence-electron chi connectivity index (χ0n) is 13.1. The lowest BCUT2D eigenvalue weighted by molar-refractivity contribution is -0.130. The Labute approximate surface area is 127 Å². The molecular formula is C16H29NO2S. The van der Waals surface area contributed by atoms with Crippen molar-refractivity contribution in [2.24, 2.45) is 11.8 Å². The Bertz CT molecular complexity index is 320. The van der Waals surface area contributed by atoms with E-state index in [0.29, 0.717) is 18.3 Å². The molecule has 0 radical (unpaired) electrons. The summed E-state index contributed by atoms with van der Waals surface area (Å²) in [4.78, 5) is 14.0. The number of allylic oxidation sites excluding steroid dienone is 1. The van der Waals surface area contributed by atoms with Crippen molar-refractivity contribution in [3.8, 4) is 0 Å². The second-order valence-electron chi connectivity index (χ2n) is 6.08. The first-order valence-electron chi connectivity index (χ1n) is 7.50. The molecule has 0 spiro atoms. The number of carbonyl (C=O) groups is 1. The lowest BCUT2D eigenvalue weighted by atomic mass is 9.79. The van der Waals surface area contributed by atoms with Gasteiger partial charge < -0.3 is 10.0 Å². The van der Waals surface area contributed by atoms with Gasteiger partial charge in [0, 0.05) is 25.3 Å². The molecule has 1 saturated carbocycles. The Hall–Kier alpha value is -0.480. The molecule has 0 aliphatic heterocycles. The van der Waals surface area contributed by atoms with E-state index in [2.05, 4.69) is 13.5 Å². The quantitative estimate of drug-likeness (QED) is 0.735. The second-order valence-corrected chi connectivity index (χ2v) is 7.22. The van der Waals surface area contributed by atoms with Gasteiger partial charge in [-0.3, -0.25) is 4.79 Å². The van der Waals surface area contributed by atoms with Gasteiger partial charge >= 0.3 is 0 Å². The molecule has 1 fully saturated rings. The van der Waals surface area contributed by atoms with E-state index in [4.69, 9.17) is 5.11 Å². The summed E-state index contributed by atoms with van der Waals surface area (Å²) in [5.41, 5.74) is 1.30. The van der Waals surface area contributed by atoms with Gasteiger partial charge in [0.2, 0.25) is 5.91 Å². The summed E-state index contributed by atoms with van der Waals surface area (Å²) in [5.74, 6) is 1.46. The van der Waals surface area contributed by atoms with Gasteiger partial charge in [0.25, 0.3) is 0 Å². The second kappa shape index (κ2) is 8.73. The van der Waals surface area contributed by atoms with E-state index in [-0.39, 0.29) is 17.8 Å². The molecule has 3 nitrogen and oxygen atoms in total. The van der Waals surface area contributed by atoms with Crippen LogP contribution in [-0.2, 0) is 4.79 Å². The fraction of sp³-hybridized carbons (Fsp3) is 0.812. The molecule has 1 unspecified atom stereocenters. The van der Waals surface area contributed by atoms with Crippen molar-refractivity contribution >= 4 is 17.7 Å². The summed E-state index contributed by atoms with van der Waals surface area (Å²) in [7, 11) is 1.89. The number of hydrogen-bond donors (Lipinski definition) is 1. The van der Waals surface area contributed by atoms with E-state index in [9.17, 15) is 4.79 Å². The number of thioether (sulfide) groups is 1. The van der Waals surface area contributed by atoms with Gasteiger partial charge in [0.15, 0.2) is 0 Å². The summed E-state index contributed by atoms with van der Waals surface area (Å²) < 4.78 is 0. The molecule has 1 amide bonds. The number of amides is 1. The molecule has 0 bridgehead atoms. The maximum absolute atomic E-state index is 12.1. The molecule has 20 heavy (non-hydrogen) atoms. The third-order valence-electron chi connectivity index (χ3n) is 4.44. The molecule has 1 N–H and O–H groups in total. The highest BCUT2D eigenvalue weighted by molar-refractivity contribution is 7.99. The predicted octanol–water partition coefficient (Wildman–Crippen LogP) is 2.94. The minimum Gasteiger partial charge on any atom is -0.395 e. The Kier molecular flexibility index (Phi) is 7.67. The number of aliphatic hydroxyl groups is 1. The minimum absolute atomic E-state index is 0.0316. The van der Waals surface area contributed by atoms with E-state index in [1.165, 1.54) is 31.3 Å². The summed E-state index contributed by atoms with van der Waals surface area (Å²) in [5, 5.41) is 9.19. The summed E-state index contributed by atoms with van der Waals surface area (Å²) in [6.45, 7) is 7.11. The highest BCUT2D eigenvalue weighted by atomic mass is 32.2. The molecular weight excluding hydrogens is 270 g/mol. The van der Waals surface area contributed by atoms with Crippen LogP contribution in [-0.4, -0.2) is 47.6 Å². The molecule has 0 aromatic carbocycles. The van der Waals surface area contributed by atoms with Crippen LogP contribution in [0.4, 0.5) is 0 Å². The number of rotatable bonds is 7. The van der Waals surface area contributed by atoms with Crippen LogP contribution in [0.15, 0.2) is 12.2 Å². The monoisotopic (exact) mass is 299 g/mol. The van der Waals surface area contributed by atoms with Crippen LogP contribution in [0.25, 0.3) is 0 Å². The average Bonchev–Trinajstić information content (AvgIpc) is 2.44. The lowest BCUT2D eigenvalue weighted by Gasteiger charge is -2.32. The van der Waals surface area contributed by atoms with Crippen LogP contribution in [0.2, 0.25) is 0 Å². The zero-order chi connectivity index (χ0) is 15.1. The van der Waals surface area contributed by atoms with Crippen LogP contribution in [0.1, 0.15) is 39.0 Å². The van der Waals surface area contributed by atoms with E-state index in [1.807, 2.05) is 18.2 Å². The van der Waals surface area contributed by atoms with Gasteiger partial charge in [-0.25, -0.2) is 0 Å². The highest BCUT2D eigenvalue weighted by Crippen LogP contribution is 2.32. The normalized spacial score (nSPS) is 24.2. The van der Waals surface area contributed by atoms with Gasteiger partial charge in [-0.05, 0) is 50.7 Å². The SMILES string of the molecule is C=C(C)C1CCC(CN(C)C(=O)CC(CO)SC)CC1. The fourth-order valence-corrected chi connectivity index (χ4v) is 3.36. The Balaban J connectivity index is 2.34. The first-order valence-corrected chi connectivity index (χ1v) is 8.79. The lowest BCUT2D eigenvalue weighted by Crippen LogP contribution is -2.35. The number of carbonyl (C=O) groups excluding carboxylic acids is 1. The standard InChI is InChI=1S/C16H29NO2S/c1-12(2)14-7-5-13(6-8-14)10-17(3)16(19)9-15(11-18)20-4/h13-15,18H,1,5-11H2,2-4H3. The van der Waals surface area contributed by atoms with Gasteiger partial charge in [-0.15, -0.1) is 0 Å². The van der Waals surface area contributed by atoms with Gasteiger partial charge in [-0.1, -0.05) is 12.2 Å². The summed E-state index contributed by atoms with van der Waals surface area (Å²) in [6.07, 6.45) is 7.20. The van der Waals surface area contributed by atoms with Crippen LogP contribution in [0.3, 0.4) is 0 Å². The number of nitrogens with zero attached hydrogens (tertiary/aromatic N) is 1. The largest absolute Gasteiger partial charge is 0.395 e. The molecule has 1 aliphatic rings. The van der Waals surface area contributed by atoms with E-state index < -0.39 is 0 Å². The molecule has 1 aliphatic carbocycles. The van der Waals surface area contributed by atoms with E-state index in [1.54, 1.807) is 11.8 Å². The predicted molar refractivity (Wildman–Crippen MR) is 86.9 cm³/mol. The Morgan fingerprint density at radius 3 is 2.45 bits per heavy atom. The summed E-state index contributed by atoms with van der Waals surface area (Å²) >= 11 is 1.56. The third-order valence-corrected chi connectivity index (χ3v) is 5.42. The molecule has 1 atom stereocenters. The first-order chi connectivity index (χ1) is 9.47. The van der Waals surface area contributed by atoms with Crippen LogP contribution >= 0.6 is 11.8 Å². The van der Waals surface area contributed by atoms with Crippen molar-refractivity contribution < 1.29 is 9.90 Å². The van der Waals surface area contributed by atoms with Crippen LogP contribution < -0.4 is 0 Å². The van der Waals surface area contributed by atoms with Gasteiger partial charge in [0.1, 0.15) is 0 Å². The molecule has 0 heterocycles. The third kappa shape index (κ3) is 5.49. The van der Waals surface area contributed by atoms with Crippen molar-refractivity contribution in [3.63, 3.8) is 0 Å². The molecule has 0 aromatic rings. The molecule has 0 saturated heterocycles. The maximum atomic E-state index is 12.1. The zero-order valence-corrected chi connectivity index (χ0v) is 13.9. The molecule has 0 aromatic heterocycles. The topological polar surface area (TPSA) is 40.5 Å². The van der Waals surface area contributed by atoms with Crippen molar-refractivity contribution in [2.75, 3.05) is 26.5 Å².